The fourth-order valence-corrected chi connectivity index (χ4v) is 2.23. The molecule has 2 aromatic rings. The summed E-state index contributed by atoms with van der Waals surface area (Å²) in [6.07, 6.45) is 4.26. The number of methoxy groups -OCH3 is 1. The smallest absolute Gasteiger partial charge is 0.141 e. The van der Waals surface area contributed by atoms with Crippen molar-refractivity contribution in [3.8, 4) is 5.75 Å². The van der Waals surface area contributed by atoms with E-state index in [1.807, 2.05) is 6.07 Å². The minimum absolute atomic E-state index is 0.0848. The molecule has 1 heterocycles. The highest BCUT2D eigenvalue weighted by atomic mass is 16.5. The Bertz CT molecular complexity index is 566. The topological polar surface area (TPSA) is 48.1 Å². The lowest BCUT2D eigenvalue weighted by molar-refractivity contribution is 0.403. The zero-order chi connectivity index (χ0) is 13.8. The molecule has 19 heavy (non-hydrogen) atoms. The lowest BCUT2D eigenvalue weighted by Crippen LogP contribution is -2.15. The monoisotopic (exact) mass is 256 g/mol. The molecule has 0 fully saturated rings. The zero-order valence-electron chi connectivity index (χ0n) is 11.7. The van der Waals surface area contributed by atoms with E-state index in [2.05, 4.69) is 37.0 Å². The third-order valence-electron chi connectivity index (χ3n) is 3.38. The Balaban J connectivity index is 2.25. The van der Waals surface area contributed by atoms with E-state index >= 15 is 0 Å². The van der Waals surface area contributed by atoms with Crippen molar-refractivity contribution in [3.05, 3.63) is 58.9 Å². The van der Waals surface area contributed by atoms with E-state index in [-0.39, 0.29) is 6.04 Å². The molecule has 0 saturated carbocycles. The van der Waals surface area contributed by atoms with E-state index in [9.17, 15) is 0 Å². The van der Waals surface area contributed by atoms with Gasteiger partial charge in [0.05, 0.1) is 13.3 Å². The van der Waals surface area contributed by atoms with Gasteiger partial charge in [0.2, 0.25) is 0 Å². The van der Waals surface area contributed by atoms with E-state index in [0.29, 0.717) is 0 Å². The molecule has 100 valence electrons. The summed E-state index contributed by atoms with van der Waals surface area (Å²) in [5.41, 5.74) is 11.1. The van der Waals surface area contributed by atoms with Crippen molar-refractivity contribution in [3.63, 3.8) is 0 Å². The van der Waals surface area contributed by atoms with Gasteiger partial charge in [-0.2, -0.15) is 0 Å². The van der Waals surface area contributed by atoms with Gasteiger partial charge < -0.3 is 10.5 Å². The van der Waals surface area contributed by atoms with Gasteiger partial charge in [-0.25, -0.2) is 0 Å². The number of aromatic nitrogens is 1. The maximum absolute atomic E-state index is 6.31. The number of pyridine rings is 1. The van der Waals surface area contributed by atoms with Crippen molar-refractivity contribution in [1.82, 2.24) is 4.98 Å². The third kappa shape index (κ3) is 3.12. The summed E-state index contributed by atoms with van der Waals surface area (Å²) in [7, 11) is 1.64. The summed E-state index contributed by atoms with van der Waals surface area (Å²) in [6, 6.07) is 8.30. The van der Waals surface area contributed by atoms with Crippen molar-refractivity contribution < 1.29 is 4.74 Å². The molecule has 3 heteroatoms. The Morgan fingerprint density at radius 1 is 1.26 bits per heavy atom. The van der Waals surface area contributed by atoms with Crippen LogP contribution in [-0.2, 0) is 6.42 Å². The van der Waals surface area contributed by atoms with Crippen LogP contribution >= 0.6 is 0 Å². The summed E-state index contributed by atoms with van der Waals surface area (Å²) >= 11 is 0. The molecule has 0 amide bonds. The summed E-state index contributed by atoms with van der Waals surface area (Å²) in [5.74, 6) is 0.750. The second kappa shape index (κ2) is 5.85. The highest BCUT2D eigenvalue weighted by Gasteiger charge is 2.13. The largest absolute Gasteiger partial charge is 0.495 e. The molecule has 2 rings (SSSR count). The molecule has 3 nitrogen and oxygen atoms in total. The molecular formula is C16H20N2O. The SMILES string of the molecule is COc1cnccc1C(N)Cc1cc(C)ccc1C. The molecule has 0 spiro atoms. The van der Waals surface area contributed by atoms with Gasteiger partial charge in [0.25, 0.3) is 0 Å². The first-order valence-electron chi connectivity index (χ1n) is 6.41. The zero-order valence-corrected chi connectivity index (χ0v) is 11.7. The Kier molecular flexibility index (Phi) is 4.17. The van der Waals surface area contributed by atoms with Gasteiger partial charge in [-0.3, -0.25) is 4.98 Å². The summed E-state index contributed by atoms with van der Waals surface area (Å²) in [4.78, 5) is 4.06. The van der Waals surface area contributed by atoms with Crippen LogP contribution in [0.3, 0.4) is 0 Å². The lowest BCUT2D eigenvalue weighted by Gasteiger charge is -2.16. The highest BCUT2D eigenvalue weighted by Crippen LogP contribution is 2.26. The minimum Gasteiger partial charge on any atom is -0.495 e. The van der Waals surface area contributed by atoms with Crippen molar-refractivity contribution >= 4 is 0 Å². The fourth-order valence-electron chi connectivity index (χ4n) is 2.23. The summed E-state index contributed by atoms with van der Waals surface area (Å²) < 4.78 is 5.32. The second-order valence-electron chi connectivity index (χ2n) is 4.86. The molecule has 2 N–H and O–H groups in total. The molecule has 0 saturated heterocycles. The molecule has 0 radical (unpaired) electrons. The van der Waals surface area contributed by atoms with Crippen LogP contribution < -0.4 is 10.5 Å². The quantitative estimate of drug-likeness (QED) is 0.915. The number of rotatable bonds is 4. The number of hydrogen-bond donors (Lipinski definition) is 1. The van der Waals surface area contributed by atoms with Gasteiger partial charge in [0.1, 0.15) is 5.75 Å². The highest BCUT2D eigenvalue weighted by molar-refractivity contribution is 5.36. The Hall–Kier alpha value is -1.87. The second-order valence-corrected chi connectivity index (χ2v) is 4.86. The standard InChI is InChI=1S/C16H20N2O/c1-11-4-5-12(2)13(8-11)9-15(17)14-6-7-18-10-16(14)19-3/h4-8,10,15H,9,17H2,1-3H3. The molecule has 0 bridgehead atoms. The Labute approximate surface area is 114 Å². The number of benzene rings is 1. The molecular weight excluding hydrogens is 236 g/mol. The fraction of sp³-hybridized carbons (Fsp3) is 0.312. The van der Waals surface area contributed by atoms with Crippen molar-refractivity contribution in [2.75, 3.05) is 7.11 Å². The van der Waals surface area contributed by atoms with E-state index in [4.69, 9.17) is 10.5 Å². The van der Waals surface area contributed by atoms with Gasteiger partial charge in [-0.15, -0.1) is 0 Å². The normalized spacial score (nSPS) is 12.2. The first kappa shape index (κ1) is 13.6. The van der Waals surface area contributed by atoms with Gasteiger partial charge >= 0.3 is 0 Å². The average Bonchev–Trinajstić information content (AvgIpc) is 2.42. The van der Waals surface area contributed by atoms with Gasteiger partial charge in [-0.1, -0.05) is 23.8 Å². The molecule has 1 atom stereocenters. The average molecular weight is 256 g/mol. The molecule has 1 aromatic carbocycles. The van der Waals surface area contributed by atoms with Crippen LogP contribution in [0.25, 0.3) is 0 Å². The Morgan fingerprint density at radius 3 is 2.79 bits per heavy atom. The van der Waals surface area contributed by atoms with Crippen LogP contribution in [0.4, 0.5) is 0 Å². The third-order valence-corrected chi connectivity index (χ3v) is 3.38. The molecule has 0 aliphatic rings. The van der Waals surface area contributed by atoms with Crippen molar-refractivity contribution in [1.29, 1.82) is 0 Å². The van der Waals surface area contributed by atoms with Gasteiger partial charge in [0, 0.05) is 17.8 Å². The predicted octanol–water partition coefficient (Wildman–Crippen LogP) is 2.95. The van der Waals surface area contributed by atoms with Crippen molar-refractivity contribution in [2.45, 2.75) is 26.3 Å². The van der Waals surface area contributed by atoms with E-state index in [0.717, 1.165) is 17.7 Å². The maximum atomic E-state index is 6.31. The summed E-state index contributed by atoms with van der Waals surface area (Å²) in [5, 5.41) is 0. The molecule has 1 unspecified atom stereocenters. The van der Waals surface area contributed by atoms with Gasteiger partial charge in [0.15, 0.2) is 0 Å². The van der Waals surface area contributed by atoms with Crippen LogP contribution in [-0.4, -0.2) is 12.1 Å². The molecule has 1 aromatic heterocycles. The number of hydrogen-bond acceptors (Lipinski definition) is 3. The van der Waals surface area contributed by atoms with Gasteiger partial charge in [-0.05, 0) is 37.5 Å². The number of nitrogens with two attached hydrogens (primary N) is 1. The molecule has 0 aliphatic heterocycles. The van der Waals surface area contributed by atoms with Crippen LogP contribution in [0.15, 0.2) is 36.7 Å². The molecule has 0 aliphatic carbocycles. The maximum Gasteiger partial charge on any atom is 0.141 e. The Morgan fingerprint density at radius 2 is 2.05 bits per heavy atom. The lowest BCUT2D eigenvalue weighted by atomic mass is 9.95. The van der Waals surface area contributed by atoms with E-state index < -0.39 is 0 Å². The summed E-state index contributed by atoms with van der Waals surface area (Å²) in [6.45, 7) is 4.22. The first-order chi connectivity index (χ1) is 9.11. The minimum atomic E-state index is -0.0848. The number of nitrogens with zero attached hydrogens (tertiary/aromatic N) is 1. The van der Waals surface area contributed by atoms with Crippen LogP contribution in [0.2, 0.25) is 0 Å². The first-order valence-corrected chi connectivity index (χ1v) is 6.41. The van der Waals surface area contributed by atoms with E-state index in [1.54, 1.807) is 19.5 Å². The predicted molar refractivity (Wildman–Crippen MR) is 77.3 cm³/mol. The van der Waals surface area contributed by atoms with Crippen LogP contribution in [0.1, 0.15) is 28.3 Å². The van der Waals surface area contributed by atoms with Crippen molar-refractivity contribution in [2.24, 2.45) is 5.73 Å². The van der Waals surface area contributed by atoms with Crippen LogP contribution in [0.5, 0.6) is 5.75 Å². The number of aryl methyl sites for hydroxylation is 2. The van der Waals surface area contributed by atoms with Crippen LogP contribution in [0, 0.1) is 13.8 Å². The number of ether oxygens (including phenoxy) is 1. The van der Waals surface area contributed by atoms with E-state index in [1.165, 1.54) is 16.7 Å².